The quantitative estimate of drug-likeness (QED) is 0.192. The molecule has 9 heteroatoms. The van der Waals surface area contributed by atoms with Crippen LogP contribution < -0.4 is 11.1 Å². The summed E-state index contributed by atoms with van der Waals surface area (Å²) in [6, 6.07) is 0. The molecule has 0 aromatic rings. The van der Waals surface area contributed by atoms with E-state index in [1.807, 2.05) is 0 Å². The first-order chi connectivity index (χ1) is 21.1. The average molecular weight is 623 g/mol. The summed E-state index contributed by atoms with van der Waals surface area (Å²) in [5.74, 6) is 0.508. The highest BCUT2D eigenvalue weighted by Crippen LogP contribution is 2.69. The van der Waals surface area contributed by atoms with Gasteiger partial charge in [-0.2, -0.15) is 0 Å². The highest BCUT2D eigenvalue weighted by atomic mass is 16.5. The zero-order valence-electron chi connectivity index (χ0n) is 27.4. The van der Waals surface area contributed by atoms with Gasteiger partial charge in [-0.25, -0.2) is 0 Å². The summed E-state index contributed by atoms with van der Waals surface area (Å²) >= 11 is 0. The Bertz CT molecular complexity index is 925. The lowest BCUT2D eigenvalue weighted by Gasteiger charge is -2.56. The molecular formula is C35H62N2O7. The molecule has 1 saturated heterocycles. The predicted molar refractivity (Wildman–Crippen MR) is 169 cm³/mol. The molecule has 5 rings (SSSR count). The van der Waals surface area contributed by atoms with Crippen LogP contribution in [0.15, 0.2) is 0 Å². The van der Waals surface area contributed by atoms with E-state index in [9.17, 15) is 25.2 Å². The van der Waals surface area contributed by atoms with E-state index in [1.54, 1.807) is 14.2 Å². The van der Waals surface area contributed by atoms with Gasteiger partial charge in [-0.15, -0.1) is 0 Å². The van der Waals surface area contributed by atoms with Gasteiger partial charge in [0.15, 0.2) is 0 Å². The van der Waals surface area contributed by atoms with Crippen LogP contribution in [0.25, 0.3) is 0 Å². The zero-order valence-corrected chi connectivity index (χ0v) is 27.4. The molecule has 1 heterocycles. The van der Waals surface area contributed by atoms with Gasteiger partial charge in [0.05, 0.1) is 42.6 Å². The van der Waals surface area contributed by atoms with Gasteiger partial charge in [-0.3, -0.25) is 4.79 Å². The summed E-state index contributed by atoms with van der Waals surface area (Å²) in [6.07, 6.45) is 12.1. The Labute approximate surface area is 265 Å². The smallest absolute Gasteiger partial charge is 0.139 e. The van der Waals surface area contributed by atoms with Crippen molar-refractivity contribution in [2.24, 2.45) is 40.2 Å². The molecule has 0 amide bonds. The van der Waals surface area contributed by atoms with Crippen LogP contribution in [-0.4, -0.2) is 89.8 Å². The molecule has 7 N–H and O–H groups in total. The second-order valence-corrected chi connectivity index (χ2v) is 15.5. The molecule has 5 aliphatic rings. The number of aliphatic hydroxyl groups is 4. The summed E-state index contributed by atoms with van der Waals surface area (Å²) in [5, 5.41) is 47.0. The minimum Gasteiger partial charge on any atom is -0.392 e. The van der Waals surface area contributed by atoms with Crippen LogP contribution >= 0.6 is 0 Å². The van der Waals surface area contributed by atoms with E-state index in [0.29, 0.717) is 50.4 Å². The molecule has 254 valence electrons. The normalized spacial score (nSPS) is 42.4. The monoisotopic (exact) mass is 622 g/mol. The van der Waals surface area contributed by atoms with E-state index in [4.69, 9.17) is 15.2 Å². The summed E-state index contributed by atoms with van der Waals surface area (Å²) in [4.78, 5) is 14.8. The van der Waals surface area contributed by atoms with E-state index in [2.05, 4.69) is 5.32 Å². The van der Waals surface area contributed by atoms with Gasteiger partial charge in [0.2, 0.25) is 0 Å². The lowest BCUT2D eigenvalue weighted by atomic mass is 9.48. The van der Waals surface area contributed by atoms with Crippen molar-refractivity contribution in [3.05, 3.63) is 0 Å². The molecule has 0 bridgehead atoms. The van der Waals surface area contributed by atoms with Crippen molar-refractivity contribution in [1.29, 1.82) is 0 Å². The molecule has 0 aromatic heterocycles. The number of Topliss-reactive ketones (excluding diaryl/α,β-unsaturated/α-hetero) is 1. The number of piperidine rings is 1. The zero-order chi connectivity index (χ0) is 31.5. The predicted octanol–water partition coefficient (Wildman–Crippen LogP) is 3.43. The molecule has 0 aromatic carbocycles. The van der Waals surface area contributed by atoms with Gasteiger partial charge in [0.1, 0.15) is 11.9 Å². The third-order valence-corrected chi connectivity index (χ3v) is 13.3. The Hall–Kier alpha value is -0.650. The second kappa shape index (κ2) is 15.1. The SMILES string of the molecule is COC1CC(CCC(O)C(C(=O)CCC2CC(O)C(O)C(OC)C2)C2(C3CCNC(N)C3)CCCC23CCCC3)CCC1O. The number of hydrogen-bond donors (Lipinski definition) is 6. The topological polar surface area (TPSA) is 154 Å². The highest BCUT2D eigenvalue weighted by Gasteiger charge is 2.64. The van der Waals surface area contributed by atoms with Crippen molar-refractivity contribution in [1.82, 2.24) is 5.32 Å². The van der Waals surface area contributed by atoms with Crippen molar-refractivity contribution >= 4 is 5.78 Å². The Morgan fingerprint density at radius 1 is 0.864 bits per heavy atom. The fourth-order valence-electron chi connectivity index (χ4n) is 11.2. The van der Waals surface area contributed by atoms with Gasteiger partial charge in [0, 0.05) is 20.6 Å². The Balaban J connectivity index is 1.40. The number of carbonyl (C=O) groups is 1. The molecule has 4 aliphatic carbocycles. The molecule has 5 fully saturated rings. The lowest BCUT2D eigenvalue weighted by Crippen LogP contribution is -2.58. The third kappa shape index (κ3) is 6.96. The van der Waals surface area contributed by atoms with E-state index in [1.165, 1.54) is 12.8 Å². The van der Waals surface area contributed by atoms with E-state index < -0.39 is 36.4 Å². The number of hydrogen-bond acceptors (Lipinski definition) is 9. The Morgan fingerprint density at radius 2 is 1.57 bits per heavy atom. The number of nitrogens with two attached hydrogens (primary N) is 1. The molecule has 4 saturated carbocycles. The summed E-state index contributed by atoms with van der Waals surface area (Å²) in [5.41, 5.74) is 6.37. The fourth-order valence-corrected chi connectivity index (χ4v) is 11.2. The number of methoxy groups -OCH3 is 2. The van der Waals surface area contributed by atoms with Crippen molar-refractivity contribution in [2.75, 3.05) is 20.8 Å². The van der Waals surface area contributed by atoms with Crippen molar-refractivity contribution in [3.8, 4) is 0 Å². The molecular weight excluding hydrogens is 560 g/mol. The maximum absolute atomic E-state index is 14.8. The average Bonchev–Trinajstić information content (AvgIpc) is 3.65. The summed E-state index contributed by atoms with van der Waals surface area (Å²) in [7, 11) is 3.23. The molecule has 9 nitrogen and oxygen atoms in total. The Kier molecular flexibility index (Phi) is 11.9. The van der Waals surface area contributed by atoms with Crippen LogP contribution in [0.3, 0.4) is 0 Å². The number of ketones is 1. The summed E-state index contributed by atoms with van der Waals surface area (Å²) in [6.45, 7) is 0.851. The van der Waals surface area contributed by atoms with Crippen LogP contribution in [0.5, 0.6) is 0 Å². The maximum Gasteiger partial charge on any atom is 0.139 e. The van der Waals surface area contributed by atoms with Crippen LogP contribution in [0, 0.1) is 34.5 Å². The minimum absolute atomic E-state index is 0.0818. The van der Waals surface area contributed by atoms with Crippen molar-refractivity contribution in [2.45, 2.75) is 158 Å². The standard InChI is InChI=1S/C35H62N2O7/c1-43-29-19-22(6-9-25(29)38)7-10-26(39)32(27(40)11-8-23-18-28(41)33(42)30(20-23)44-2)35(24-12-17-37-31(36)21-24)16-5-15-34(35)13-3-4-14-34/h22-26,28-33,37-39,41-42H,3-21,36H2,1-2H3. The first-order valence-electron chi connectivity index (χ1n) is 17.9. The van der Waals surface area contributed by atoms with Gasteiger partial charge < -0.3 is 41.0 Å². The van der Waals surface area contributed by atoms with Gasteiger partial charge in [-0.1, -0.05) is 19.3 Å². The number of aliphatic hydroxyl groups excluding tert-OH is 4. The number of carbonyl (C=O) groups excluding carboxylic acids is 1. The van der Waals surface area contributed by atoms with Gasteiger partial charge in [-0.05, 0) is 125 Å². The van der Waals surface area contributed by atoms with Crippen molar-refractivity contribution < 1.29 is 34.7 Å². The largest absolute Gasteiger partial charge is 0.392 e. The minimum atomic E-state index is -0.895. The van der Waals surface area contributed by atoms with E-state index in [0.717, 1.165) is 70.8 Å². The molecule has 44 heavy (non-hydrogen) atoms. The van der Waals surface area contributed by atoms with Crippen LogP contribution in [0.2, 0.25) is 0 Å². The second-order valence-electron chi connectivity index (χ2n) is 15.5. The number of nitrogens with one attached hydrogen (secondary N) is 1. The van der Waals surface area contributed by atoms with E-state index >= 15 is 0 Å². The lowest BCUT2D eigenvalue weighted by molar-refractivity contribution is -0.152. The first-order valence-corrected chi connectivity index (χ1v) is 17.9. The van der Waals surface area contributed by atoms with Gasteiger partial charge in [0.25, 0.3) is 0 Å². The Morgan fingerprint density at radius 3 is 2.27 bits per heavy atom. The highest BCUT2D eigenvalue weighted by molar-refractivity contribution is 5.82. The van der Waals surface area contributed by atoms with Gasteiger partial charge >= 0.3 is 0 Å². The third-order valence-electron chi connectivity index (χ3n) is 13.3. The fraction of sp³-hybridized carbons (Fsp3) is 0.971. The molecule has 12 unspecified atom stereocenters. The van der Waals surface area contributed by atoms with Crippen LogP contribution in [-0.2, 0) is 14.3 Å². The molecule has 0 radical (unpaired) electrons. The van der Waals surface area contributed by atoms with Crippen molar-refractivity contribution in [3.63, 3.8) is 0 Å². The van der Waals surface area contributed by atoms with Crippen LogP contribution in [0.1, 0.15) is 116 Å². The number of ether oxygens (including phenoxy) is 2. The molecule has 1 spiro atoms. The molecule has 12 atom stereocenters. The van der Waals surface area contributed by atoms with E-state index in [-0.39, 0.29) is 34.8 Å². The number of rotatable bonds is 12. The first kappa shape index (κ1) is 34.7. The summed E-state index contributed by atoms with van der Waals surface area (Å²) < 4.78 is 11.0. The molecule has 1 aliphatic heterocycles. The maximum atomic E-state index is 14.8. The van der Waals surface area contributed by atoms with Crippen LogP contribution in [0.4, 0.5) is 0 Å².